The zero-order chi connectivity index (χ0) is 20.0. The third kappa shape index (κ3) is 4.62. The molecule has 0 heterocycles. The molecule has 0 atom stereocenters. The van der Waals surface area contributed by atoms with Crippen LogP contribution in [0.25, 0.3) is 0 Å². The van der Waals surface area contributed by atoms with Crippen LogP contribution in [0.2, 0.25) is 0 Å². The maximum absolute atomic E-state index is 12.9. The van der Waals surface area contributed by atoms with E-state index in [9.17, 15) is 4.79 Å². The summed E-state index contributed by atoms with van der Waals surface area (Å²) in [7, 11) is 0. The van der Waals surface area contributed by atoms with E-state index in [4.69, 9.17) is 9.78 Å². The molecular formula is C24H25O3P. The molecule has 0 bridgehead atoms. The Labute approximate surface area is 166 Å². The Hall–Kier alpha value is -2.61. The smallest absolute Gasteiger partial charge is 0.293 e. The van der Waals surface area contributed by atoms with Gasteiger partial charge in [-0.3, -0.25) is 4.89 Å². The summed E-state index contributed by atoms with van der Waals surface area (Å²) in [5.74, 6) is 1.22. The molecule has 0 saturated carbocycles. The average Bonchev–Trinajstić information content (AvgIpc) is 2.72. The lowest BCUT2D eigenvalue weighted by Gasteiger charge is -2.28. The molecule has 144 valence electrons. The second-order valence-corrected chi connectivity index (χ2v) is 10.7. The van der Waals surface area contributed by atoms with Crippen LogP contribution in [-0.2, 0) is 14.6 Å². The SMILES string of the molecule is CC(C)(C)OOC(=O)C=P(c1ccccc1)(c1ccccc1)c1ccccc1. The van der Waals surface area contributed by atoms with Gasteiger partial charge in [0.25, 0.3) is 0 Å². The Morgan fingerprint density at radius 3 is 1.39 bits per heavy atom. The van der Waals surface area contributed by atoms with Gasteiger partial charge < -0.3 is 0 Å². The maximum Gasteiger partial charge on any atom is 0.367 e. The minimum atomic E-state index is -2.37. The van der Waals surface area contributed by atoms with Crippen LogP contribution in [0.1, 0.15) is 20.8 Å². The van der Waals surface area contributed by atoms with Crippen molar-refractivity contribution < 1.29 is 14.6 Å². The van der Waals surface area contributed by atoms with Gasteiger partial charge in [0.2, 0.25) is 0 Å². The molecule has 0 amide bonds. The second kappa shape index (κ2) is 8.60. The quantitative estimate of drug-likeness (QED) is 0.373. The molecule has 0 aliphatic heterocycles. The van der Waals surface area contributed by atoms with Gasteiger partial charge in [0, 0.05) is 5.80 Å². The molecule has 3 nitrogen and oxygen atoms in total. The van der Waals surface area contributed by atoms with Crippen molar-refractivity contribution in [3.8, 4) is 0 Å². The number of carbonyl (C=O) groups is 1. The summed E-state index contributed by atoms with van der Waals surface area (Å²) in [4.78, 5) is 23.3. The first-order valence-electron chi connectivity index (χ1n) is 9.23. The first-order valence-corrected chi connectivity index (χ1v) is 11.1. The summed E-state index contributed by atoms with van der Waals surface area (Å²) >= 11 is 0. The molecule has 28 heavy (non-hydrogen) atoms. The van der Waals surface area contributed by atoms with Crippen LogP contribution in [0.5, 0.6) is 0 Å². The van der Waals surface area contributed by atoms with Crippen LogP contribution in [-0.4, -0.2) is 17.4 Å². The van der Waals surface area contributed by atoms with Crippen LogP contribution < -0.4 is 15.9 Å². The molecule has 0 aliphatic rings. The standard InChI is InChI=1S/C24H25O3P/c1-24(2,3)27-26-23(25)19-28(20-13-7-4-8-14-20,21-15-9-5-10-16-21)22-17-11-6-12-18-22/h4-19H,1-3H3. The Morgan fingerprint density at radius 1 is 0.714 bits per heavy atom. The van der Waals surface area contributed by atoms with Gasteiger partial charge in [0.1, 0.15) is 5.60 Å². The molecule has 3 aromatic rings. The molecule has 3 rings (SSSR count). The van der Waals surface area contributed by atoms with Crippen LogP contribution >= 0.6 is 6.89 Å². The Kier molecular flexibility index (Phi) is 6.18. The van der Waals surface area contributed by atoms with E-state index in [0.29, 0.717) is 0 Å². The fraction of sp³-hybridized carbons (Fsp3) is 0.167. The number of hydrogen-bond acceptors (Lipinski definition) is 3. The van der Waals surface area contributed by atoms with E-state index < -0.39 is 18.5 Å². The first-order chi connectivity index (χ1) is 13.4. The summed E-state index contributed by atoms with van der Waals surface area (Å²) in [6.07, 6.45) is 0. The van der Waals surface area contributed by atoms with Crippen molar-refractivity contribution in [2.45, 2.75) is 26.4 Å². The lowest BCUT2D eigenvalue weighted by Crippen LogP contribution is -2.30. The monoisotopic (exact) mass is 392 g/mol. The largest absolute Gasteiger partial charge is 0.367 e. The molecule has 0 fully saturated rings. The summed E-state index contributed by atoms with van der Waals surface area (Å²) in [5, 5.41) is 3.25. The van der Waals surface area contributed by atoms with Gasteiger partial charge in [-0.2, -0.15) is 4.89 Å². The molecule has 0 aromatic heterocycles. The molecule has 3 aromatic carbocycles. The van der Waals surface area contributed by atoms with Gasteiger partial charge in [-0.05, 0) is 43.6 Å². The summed E-state index contributed by atoms with van der Waals surface area (Å²) in [5.41, 5.74) is -0.573. The molecule has 4 heteroatoms. The van der Waals surface area contributed by atoms with Crippen molar-refractivity contribution >= 4 is 34.6 Å². The highest BCUT2D eigenvalue weighted by molar-refractivity contribution is 7.95. The van der Waals surface area contributed by atoms with E-state index in [1.165, 1.54) is 0 Å². The van der Waals surface area contributed by atoms with Crippen molar-refractivity contribution in [2.24, 2.45) is 0 Å². The molecule has 0 radical (unpaired) electrons. The van der Waals surface area contributed by atoms with Crippen molar-refractivity contribution in [1.29, 1.82) is 0 Å². The Morgan fingerprint density at radius 2 is 1.07 bits per heavy atom. The topological polar surface area (TPSA) is 35.5 Å². The maximum atomic E-state index is 12.9. The zero-order valence-electron chi connectivity index (χ0n) is 16.4. The average molecular weight is 392 g/mol. The second-order valence-electron chi connectivity index (χ2n) is 7.46. The number of rotatable bonds is 5. The van der Waals surface area contributed by atoms with Gasteiger partial charge >= 0.3 is 5.97 Å². The third-order valence-corrected chi connectivity index (χ3v) is 8.10. The van der Waals surface area contributed by atoms with E-state index >= 15 is 0 Å². The molecule has 0 saturated heterocycles. The number of benzene rings is 3. The lowest BCUT2D eigenvalue weighted by molar-refractivity contribution is -0.314. The molecule has 0 unspecified atom stereocenters. The van der Waals surface area contributed by atoms with Gasteiger partial charge in [0.15, 0.2) is 0 Å². The van der Waals surface area contributed by atoms with Gasteiger partial charge in [0.05, 0.1) is 0 Å². The fourth-order valence-electron chi connectivity index (χ4n) is 3.01. The van der Waals surface area contributed by atoms with Crippen molar-refractivity contribution in [3.63, 3.8) is 0 Å². The lowest BCUT2D eigenvalue weighted by atomic mass is 10.2. The predicted molar refractivity (Wildman–Crippen MR) is 118 cm³/mol. The van der Waals surface area contributed by atoms with Gasteiger partial charge in [-0.1, -0.05) is 91.0 Å². The normalized spacial score (nSPS) is 11.7. The first kappa shape index (κ1) is 20.1. The highest BCUT2D eigenvalue weighted by Crippen LogP contribution is 2.43. The van der Waals surface area contributed by atoms with Crippen molar-refractivity contribution in [1.82, 2.24) is 0 Å². The minimum absolute atomic E-state index is 0.486. The van der Waals surface area contributed by atoms with Crippen LogP contribution in [0, 0.1) is 0 Å². The zero-order valence-corrected chi connectivity index (χ0v) is 17.3. The highest BCUT2D eigenvalue weighted by atomic mass is 31.2. The summed E-state index contributed by atoms with van der Waals surface area (Å²) in [6.45, 7) is 3.15. The highest BCUT2D eigenvalue weighted by Gasteiger charge is 2.27. The minimum Gasteiger partial charge on any atom is -0.293 e. The molecule has 0 N–H and O–H groups in total. The van der Waals surface area contributed by atoms with Gasteiger partial charge in [-0.25, -0.2) is 4.79 Å². The van der Waals surface area contributed by atoms with E-state index in [2.05, 4.69) is 36.4 Å². The molecular weight excluding hydrogens is 367 g/mol. The Bertz CT molecular complexity index is 856. The van der Waals surface area contributed by atoms with E-state index in [1.54, 1.807) is 5.80 Å². The Balaban J connectivity index is 2.25. The predicted octanol–water partition coefficient (Wildman–Crippen LogP) is 4.06. The van der Waals surface area contributed by atoms with E-state index in [-0.39, 0.29) is 0 Å². The van der Waals surface area contributed by atoms with Crippen LogP contribution in [0.15, 0.2) is 91.0 Å². The van der Waals surface area contributed by atoms with Gasteiger partial charge in [-0.15, -0.1) is 0 Å². The van der Waals surface area contributed by atoms with Crippen LogP contribution in [0.3, 0.4) is 0 Å². The number of carbonyl (C=O) groups excluding carboxylic acids is 1. The third-order valence-electron chi connectivity index (χ3n) is 4.16. The van der Waals surface area contributed by atoms with Crippen molar-refractivity contribution in [2.75, 3.05) is 0 Å². The summed E-state index contributed by atoms with van der Waals surface area (Å²) in [6, 6.07) is 30.4. The summed E-state index contributed by atoms with van der Waals surface area (Å²) < 4.78 is 0. The molecule has 0 aliphatic carbocycles. The van der Waals surface area contributed by atoms with E-state index in [1.807, 2.05) is 75.4 Å². The van der Waals surface area contributed by atoms with E-state index in [0.717, 1.165) is 15.9 Å². The van der Waals surface area contributed by atoms with Crippen LogP contribution in [0.4, 0.5) is 0 Å². The molecule has 0 spiro atoms. The fourth-order valence-corrected chi connectivity index (χ4v) is 6.63. The number of hydrogen-bond donors (Lipinski definition) is 0. The van der Waals surface area contributed by atoms with Crippen molar-refractivity contribution in [3.05, 3.63) is 91.0 Å².